The topological polar surface area (TPSA) is 69.8 Å². The van der Waals surface area contributed by atoms with Gasteiger partial charge in [-0.2, -0.15) is 0 Å². The first-order valence-electron chi connectivity index (χ1n) is 10.8. The lowest BCUT2D eigenvalue weighted by atomic mass is 10.1. The van der Waals surface area contributed by atoms with Crippen LogP contribution in [0, 0.1) is 5.92 Å². The summed E-state index contributed by atoms with van der Waals surface area (Å²) in [6.45, 7) is 4.52. The van der Waals surface area contributed by atoms with Crippen molar-refractivity contribution in [1.29, 1.82) is 0 Å². The minimum atomic E-state index is 0. The van der Waals surface area contributed by atoms with Crippen molar-refractivity contribution in [2.75, 3.05) is 33.2 Å². The van der Waals surface area contributed by atoms with Gasteiger partial charge in [0.15, 0.2) is 11.6 Å². The van der Waals surface area contributed by atoms with E-state index in [-0.39, 0.29) is 24.0 Å². The van der Waals surface area contributed by atoms with E-state index in [1.165, 1.54) is 45.2 Å². The molecule has 0 spiro atoms. The van der Waals surface area contributed by atoms with Gasteiger partial charge in [0.2, 0.25) is 0 Å². The standard InChI is InChI=1S/C21H33N7.HI/c1-22-21(24-18-11-14-27(16-18)15-17-7-2-3-8-17)23-12-6-10-20-26-25-19-9-4-5-13-28(19)20;/h4-5,9,13,17-18H,2-3,6-8,10-12,14-16H2,1H3,(H2,22,23,24);1H. The zero-order valence-corrected chi connectivity index (χ0v) is 19.7. The molecule has 1 saturated heterocycles. The molecule has 1 aliphatic heterocycles. The van der Waals surface area contributed by atoms with Gasteiger partial charge in [-0.15, -0.1) is 34.2 Å². The molecule has 8 heteroatoms. The number of rotatable bonds is 7. The summed E-state index contributed by atoms with van der Waals surface area (Å²) in [5.74, 6) is 2.86. The highest BCUT2D eigenvalue weighted by Gasteiger charge is 2.26. The third-order valence-electron chi connectivity index (χ3n) is 6.08. The number of aromatic nitrogens is 3. The first-order chi connectivity index (χ1) is 13.8. The number of aryl methyl sites for hydroxylation is 1. The molecule has 160 valence electrons. The summed E-state index contributed by atoms with van der Waals surface area (Å²) in [5, 5.41) is 15.6. The van der Waals surface area contributed by atoms with Gasteiger partial charge in [0.1, 0.15) is 5.82 Å². The fraction of sp³-hybridized carbons (Fsp3) is 0.667. The van der Waals surface area contributed by atoms with Crippen molar-refractivity contribution < 1.29 is 0 Å². The van der Waals surface area contributed by atoms with Gasteiger partial charge in [0.05, 0.1) is 0 Å². The molecule has 2 aromatic rings. The molecule has 2 aliphatic rings. The van der Waals surface area contributed by atoms with E-state index in [0.717, 1.165) is 49.3 Å². The molecular weight excluding hydrogens is 477 g/mol. The zero-order valence-electron chi connectivity index (χ0n) is 17.4. The number of fused-ring (bicyclic) bond motifs is 1. The van der Waals surface area contributed by atoms with Crippen molar-refractivity contribution in [2.45, 2.75) is 51.0 Å². The fourth-order valence-corrected chi connectivity index (χ4v) is 4.58. The molecule has 1 unspecified atom stereocenters. The Labute approximate surface area is 190 Å². The molecule has 29 heavy (non-hydrogen) atoms. The third-order valence-corrected chi connectivity index (χ3v) is 6.08. The highest BCUT2D eigenvalue weighted by molar-refractivity contribution is 14.0. The van der Waals surface area contributed by atoms with Crippen LogP contribution < -0.4 is 10.6 Å². The molecule has 1 aliphatic carbocycles. The largest absolute Gasteiger partial charge is 0.356 e. The maximum Gasteiger partial charge on any atom is 0.191 e. The van der Waals surface area contributed by atoms with Gasteiger partial charge < -0.3 is 15.5 Å². The smallest absolute Gasteiger partial charge is 0.191 e. The van der Waals surface area contributed by atoms with Crippen molar-refractivity contribution in [3.8, 4) is 0 Å². The van der Waals surface area contributed by atoms with Crippen molar-refractivity contribution in [3.05, 3.63) is 30.2 Å². The van der Waals surface area contributed by atoms with Crippen molar-refractivity contribution in [1.82, 2.24) is 30.1 Å². The summed E-state index contributed by atoms with van der Waals surface area (Å²) in [4.78, 5) is 7.04. The van der Waals surface area contributed by atoms with Crippen LogP contribution in [0.5, 0.6) is 0 Å². The monoisotopic (exact) mass is 511 g/mol. The van der Waals surface area contributed by atoms with Crippen LogP contribution in [0.25, 0.3) is 5.65 Å². The van der Waals surface area contributed by atoms with Gasteiger partial charge in [-0.05, 0) is 43.7 Å². The quantitative estimate of drug-likeness (QED) is 0.259. The Kier molecular flexibility index (Phi) is 8.53. The van der Waals surface area contributed by atoms with Gasteiger partial charge >= 0.3 is 0 Å². The predicted octanol–water partition coefficient (Wildman–Crippen LogP) is 2.71. The van der Waals surface area contributed by atoms with Crippen molar-refractivity contribution >= 4 is 35.6 Å². The lowest BCUT2D eigenvalue weighted by molar-refractivity contribution is 0.275. The molecule has 0 amide bonds. The number of likely N-dealkylation sites (tertiary alicyclic amines) is 1. The number of nitrogens with one attached hydrogen (secondary N) is 2. The summed E-state index contributed by atoms with van der Waals surface area (Å²) < 4.78 is 2.06. The van der Waals surface area contributed by atoms with E-state index in [0.29, 0.717) is 6.04 Å². The van der Waals surface area contributed by atoms with E-state index >= 15 is 0 Å². The minimum absolute atomic E-state index is 0. The molecule has 4 rings (SSSR count). The second-order valence-corrected chi connectivity index (χ2v) is 8.19. The van der Waals surface area contributed by atoms with E-state index < -0.39 is 0 Å². The number of guanidine groups is 1. The van der Waals surface area contributed by atoms with Gasteiger partial charge in [-0.3, -0.25) is 9.39 Å². The van der Waals surface area contributed by atoms with E-state index in [1.54, 1.807) is 0 Å². The molecule has 0 aromatic carbocycles. The van der Waals surface area contributed by atoms with Gasteiger partial charge in [-0.1, -0.05) is 18.9 Å². The Morgan fingerprint density at radius 1 is 1.21 bits per heavy atom. The Morgan fingerprint density at radius 3 is 2.90 bits per heavy atom. The van der Waals surface area contributed by atoms with Gasteiger partial charge in [-0.25, -0.2) is 0 Å². The summed E-state index contributed by atoms with van der Waals surface area (Å²) >= 11 is 0. The second kappa shape index (κ2) is 11.1. The van der Waals surface area contributed by atoms with Crippen LogP contribution in [0.3, 0.4) is 0 Å². The van der Waals surface area contributed by atoms with Gasteiger partial charge in [0, 0.05) is 51.9 Å². The lowest BCUT2D eigenvalue weighted by Gasteiger charge is -2.21. The van der Waals surface area contributed by atoms with Crippen LogP contribution in [-0.4, -0.2) is 64.7 Å². The number of halogens is 1. The van der Waals surface area contributed by atoms with Crippen LogP contribution >= 0.6 is 24.0 Å². The highest BCUT2D eigenvalue weighted by atomic mass is 127. The molecule has 2 fully saturated rings. The SMILES string of the molecule is CN=C(NCCCc1nnc2ccccn12)NC1CCN(CC2CCCC2)C1.I. The van der Waals surface area contributed by atoms with Crippen LogP contribution in [0.2, 0.25) is 0 Å². The number of nitrogens with zero attached hydrogens (tertiary/aromatic N) is 5. The first-order valence-corrected chi connectivity index (χ1v) is 10.8. The first kappa shape index (κ1) is 22.3. The number of hydrogen-bond acceptors (Lipinski definition) is 4. The van der Waals surface area contributed by atoms with Crippen LogP contribution in [0.1, 0.15) is 44.3 Å². The Morgan fingerprint density at radius 2 is 2.07 bits per heavy atom. The van der Waals surface area contributed by atoms with Crippen molar-refractivity contribution in [2.24, 2.45) is 10.9 Å². The molecule has 0 bridgehead atoms. The Hall–Kier alpha value is -1.42. The molecule has 1 atom stereocenters. The molecule has 3 heterocycles. The molecule has 1 saturated carbocycles. The van der Waals surface area contributed by atoms with E-state index in [2.05, 4.69) is 35.1 Å². The summed E-state index contributed by atoms with van der Waals surface area (Å²) in [7, 11) is 1.85. The molecule has 0 radical (unpaired) electrons. The van der Waals surface area contributed by atoms with E-state index in [4.69, 9.17) is 0 Å². The van der Waals surface area contributed by atoms with Crippen LogP contribution in [0.15, 0.2) is 29.4 Å². The molecule has 2 N–H and O–H groups in total. The summed E-state index contributed by atoms with van der Waals surface area (Å²) in [6, 6.07) is 6.50. The van der Waals surface area contributed by atoms with Gasteiger partial charge in [0.25, 0.3) is 0 Å². The summed E-state index contributed by atoms with van der Waals surface area (Å²) in [6.07, 6.45) is 10.8. The normalized spacial score (nSPS) is 20.9. The molecule has 2 aromatic heterocycles. The van der Waals surface area contributed by atoms with Crippen LogP contribution in [0.4, 0.5) is 0 Å². The number of hydrogen-bond donors (Lipinski definition) is 2. The minimum Gasteiger partial charge on any atom is -0.356 e. The second-order valence-electron chi connectivity index (χ2n) is 8.19. The summed E-state index contributed by atoms with van der Waals surface area (Å²) in [5.41, 5.74) is 0.909. The molecule has 7 nitrogen and oxygen atoms in total. The molecular formula is C21H34IN7. The zero-order chi connectivity index (χ0) is 19.2. The maximum atomic E-state index is 4.41. The highest BCUT2D eigenvalue weighted by Crippen LogP contribution is 2.26. The van der Waals surface area contributed by atoms with E-state index in [1.807, 2.05) is 31.4 Å². The van der Waals surface area contributed by atoms with E-state index in [9.17, 15) is 0 Å². The number of pyridine rings is 1. The third kappa shape index (κ3) is 6.04. The lowest BCUT2D eigenvalue weighted by Crippen LogP contribution is -2.45. The van der Waals surface area contributed by atoms with Crippen molar-refractivity contribution in [3.63, 3.8) is 0 Å². The predicted molar refractivity (Wildman–Crippen MR) is 128 cm³/mol. The Bertz CT molecular complexity index is 784. The fourth-order valence-electron chi connectivity index (χ4n) is 4.58. The number of aliphatic imine (C=N–C) groups is 1. The Balaban J connectivity index is 0.00000240. The maximum absolute atomic E-state index is 4.41. The van der Waals surface area contributed by atoms with Crippen LogP contribution in [-0.2, 0) is 6.42 Å². The average molecular weight is 511 g/mol. The average Bonchev–Trinajstić information content (AvgIpc) is 3.46.